The molecule has 0 N–H and O–H groups in total. The highest BCUT2D eigenvalue weighted by Gasteiger charge is 2.15. The van der Waals surface area contributed by atoms with Crippen LogP contribution in [0.25, 0.3) is 77.6 Å². The lowest BCUT2D eigenvalue weighted by Crippen LogP contribution is -2.09. The highest BCUT2D eigenvalue weighted by atomic mass is 16.3. The second-order valence-electron chi connectivity index (χ2n) is 14.6. The molecule has 0 spiro atoms. The molecule has 0 radical (unpaired) electrons. The van der Waals surface area contributed by atoms with Crippen molar-refractivity contribution in [2.24, 2.45) is 0 Å². The quantitative estimate of drug-likeness (QED) is 0.155. The Bertz CT molecular complexity index is 2970. The minimum Gasteiger partial charge on any atom is -0.456 e. The van der Waals surface area contributed by atoms with Gasteiger partial charge in [0.1, 0.15) is 11.3 Å². The number of nitrogens with zero attached hydrogens (tertiary/aromatic N) is 1. The zero-order valence-electron chi connectivity index (χ0n) is 31.6. The van der Waals surface area contributed by atoms with Crippen LogP contribution in [0.3, 0.4) is 0 Å². The van der Waals surface area contributed by atoms with Gasteiger partial charge >= 0.3 is 0 Å². The second kappa shape index (κ2) is 14.7. The predicted octanol–water partition coefficient (Wildman–Crippen LogP) is 15.7. The lowest BCUT2D eigenvalue weighted by Gasteiger charge is -2.26. The van der Waals surface area contributed by atoms with Crippen LogP contribution in [0.15, 0.2) is 223 Å². The highest BCUT2D eigenvalue weighted by Crippen LogP contribution is 2.39. The van der Waals surface area contributed by atoms with Gasteiger partial charge in [0.25, 0.3) is 0 Å². The Morgan fingerprint density at radius 1 is 0.333 bits per heavy atom. The summed E-state index contributed by atoms with van der Waals surface area (Å²) in [7, 11) is 0. The third-order valence-electron chi connectivity index (χ3n) is 11.1. The van der Waals surface area contributed by atoms with E-state index in [1.54, 1.807) is 0 Å². The van der Waals surface area contributed by atoms with Crippen molar-refractivity contribution in [3.63, 3.8) is 0 Å². The third kappa shape index (κ3) is 6.58. The largest absolute Gasteiger partial charge is 0.456 e. The summed E-state index contributed by atoms with van der Waals surface area (Å²) in [6.45, 7) is 2.14. The van der Waals surface area contributed by atoms with Crippen molar-refractivity contribution in [1.82, 2.24) is 0 Å². The number of rotatable bonds is 8. The summed E-state index contributed by atoms with van der Waals surface area (Å²) in [6.07, 6.45) is 0. The molecule has 2 nitrogen and oxygen atoms in total. The molecule has 0 saturated carbocycles. The molecule has 270 valence electrons. The lowest BCUT2D eigenvalue weighted by atomic mass is 9.96. The van der Waals surface area contributed by atoms with E-state index in [9.17, 15) is 0 Å². The molecule has 0 fully saturated rings. The summed E-state index contributed by atoms with van der Waals surface area (Å²) in [6, 6.07) is 78.1. The first-order chi connectivity index (χ1) is 28.2. The number of benzene rings is 9. The molecule has 0 aliphatic rings. The molecular weight excluding hydrogens is 691 g/mol. The molecule has 57 heavy (non-hydrogen) atoms. The Morgan fingerprint density at radius 3 is 1.42 bits per heavy atom. The molecule has 0 saturated heterocycles. The lowest BCUT2D eigenvalue weighted by molar-refractivity contribution is 0.629. The SMILES string of the molecule is Cc1c(-c2cccc(-c3ccc(-c4ccc(N(c5ccccc5)c5ccc(-c6ccc(-c7cccc8ccccc78)cc6)cc5)cc4)cc3)c2)oc2ccccc12. The van der Waals surface area contributed by atoms with Crippen LogP contribution in [0.5, 0.6) is 0 Å². The third-order valence-corrected chi connectivity index (χ3v) is 11.1. The van der Waals surface area contributed by atoms with Crippen LogP contribution in [0, 0.1) is 6.92 Å². The molecule has 10 aromatic rings. The molecule has 0 bridgehead atoms. The number of anilines is 3. The van der Waals surface area contributed by atoms with Crippen LogP contribution < -0.4 is 4.90 Å². The molecule has 1 aromatic heterocycles. The fourth-order valence-corrected chi connectivity index (χ4v) is 8.09. The molecule has 1 heterocycles. The maximum atomic E-state index is 6.28. The first-order valence-corrected chi connectivity index (χ1v) is 19.5. The van der Waals surface area contributed by atoms with Crippen LogP contribution in [0.1, 0.15) is 5.56 Å². The molecule has 9 aromatic carbocycles. The zero-order chi connectivity index (χ0) is 38.1. The van der Waals surface area contributed by atoms with E-state index in [0.29, 0.717) is 0 Å². The topological polar surface area (TPSA) is 16.4 Å². The van der Waals surface area contributed by atoms with E-state index in [0.717, 1.165) is 44.9 Å². The number of hydrogen-bond acceptors (Lipinski definition) is 2. The summed E-state index contributed by atoms with van der Waals surface area (Å²) in [5.74, 6) is 0.929. The normalized spacial score (nSPS) is 11.2. The number of furan rings is 1. The van der Waals surface area contributed by atoms with E-state index >= 15 is 0 Å². The summed E-state index contributed by atoms with van der Waals surface area (Å²) in [4.78, 5) is 2.32. The average molecular weight is 730 g/mol. The van der Waals surface area contributed by atoms with Gasteiger partial charge in [0.15, 0.2) is 0 Å². The first kappa shape index (κ1) is 34.1. The minimum absolute atomic E-state index is 0.922. The van der Waals surface area contributed by atoms with Crippen LogP contribution in [0.2, 0.25) is 0 Å². The Morgan fingerprint density at radius 2 is 0.789 bits per heavy atom. The van der Waals surface area contributed by atoms with E-state index < -0.39 is 0 Å². The van der Waals surface area contributed by atoms with Gasteiger partial charge in [-0.2, -0.15) is 0 Å². The van der Waals surface area contributed by atoms with E-state index in [-0.39, 0.29) is 0 Å². The van der Waals surface area contributed by atoms with Crippen LogP contribution in [0.4, 0.5) is 17.1 Å². The van der Waals surface area contributed by atoms with Crippen molar-refractivity contribution in [3.8, 4) is 55.8 Å². The molecule has 0 amide bonds. The van der Waals surface area contributed by atoms with Crippen LogP contribution in [-0.4, -0.2) is 0 Å². The number of hydrogen-bond donors (Lipinski definition) is 0. The van der Waals surface area contributed by atoms with E-state index in [1.165, 1.54) is 55.3 Å². The van der Waals surface area contributed by atoms with Crippen molar-refractivity contribution >= 4 is 38.8 Å². The molecule has 10 rings (SSSR count). The van der Waals surface area contributed by atoms with Crippen molar-refractivity contribution in [3.05, 3.63) is 224 Å². The van der Waals surface area contributed by atoms with Gasteiger partial charge in [-0.05, 0) is 111 Å². The van der Waals surface area contributed by atoms with Gasteiger partial charge in [-0.15, -0.1) is 0 Å². The maximum Gasteiger partial charge on any atom is 0.138 e. The number of aryl methyl sites for hydroxylation is 1. The van der Waals surface area contributed by atoms with Crippen molar-refractivity contribution in [1.29, 1.82) is 0 Å². The smallest absolute Gasteiger partial charge is 0.138 e. The van der Waals surface area contributed by atoms with E-state index in [4.69, 9.17) is 4.42 Å². The summed E-state index contributed by atoms with van der Waals surface area (Å²) >= 11 is 0. The van der Waals surface area contributed by atoms with E-state index in [1.807, 2.05) is 12.1 Å². The van der Waals surface area contributed by atoms with Crippen molar-refractivity contribution in [2.75, 3.05) is 4.90 Å². The van der Waals surface area contributed by atoms with Crippen LogP contribution in [-0.2, 0) is 0 Å². The standard InChI is InChI=1S/C55H39NO/c1-38-51-17-7-8-20-54(51)57-55(38)47-14-9-13-46(37-47)43-23-21-39(22-24-43)41-29-33-49(34-30-41)56(48-15-3-2-4-16-48)50-35-31-42(32-36-50)40-25-27-45(28-26-40)53-19-10-12-44-11-5-6-18-52(44)53/h2-37H,1H3. The van der Waals surface area contributed by atoms with Crippen molar-refractivity contribution in [2.45, 2.75) is 6.92 Å². The molecule has 0 aliphatic heterocycles. The summed E-state index contributed by atoms with van der Waals surface area (Å²) in [5, 5.41) is 3.69. The molecule has 0 atom stereocenters. The van der Waals surface area contributed by atoms with Gasteiger partial charge in [0.05, 0.1) is 0 Å². The van der Waals surface area contributed by atoms with Crippen molar-refractivity contribution < 1.29 is 4.42 Å². The molecule has 0 aliphatic carbocycles. The van der Waals surface area contributed by atoms with Gasteiger partial charge in [0, 0.05) is 33.6 Å². The fourth-order valence-electron chi connectivity index (χ4n) is 8.09. The summed E-state index contributed by atoms with van der Waals surface area (Å²) in [5.41, 5.74) is 16.1. The van der Waals surface area contributed by atoms with Gasteiger partial charge in [-0.1, -0.05) is 170 Å². The molecular formula is C55H39NO. The van der Waals surface area contributed by atoms with Gasteiger partial charge in [-0.25, -0.2) is 0 Å². The second-order valence-corrected chi connectivity index (χ2v) is 14.6. The van der Waals surface area contributed by atoms with E-state index in [2.05, 4.69) is 218 Å². The minimum atomic E-state index is 0.922. The Balaban J connectivity index is 0.893. The fraction of sp³-hybridized carbons (Fsp3) is 0.0182. The van der Waals surface area contributed by atoms with Gasteiger partial charge < -0.3 is 9.32 Å². The Kier molecular flexibility index (Phi) is 8.78. The Hall–Kier alpha value is -7.42. The zero-order valence-corrected chi connectivity index (χ0v) is 31.6. The van der Waals surface area contributed by atoms with Gasteiger partial charge in [-0.3, -0.25) is 0 Å². The monoisotopic (exact) mass is 729 g/mol. The summed E-state index contributed by atoms with van der Waals surface area (Å²) < 4.78 is 6.28. The average Bonchev–Trinajstić information content (AvgIpc) is 3.63. The Labute approximate surface area is 333 Å². The first-order valence-electron chi connectivity index (χ1n) is 19.5. The predicted molar refractivity (Wildman–Crippen MR) is 240 cm³/mol. The molecule has 2 heteroatoms. The molecule has 0 unspecified atom stereocenters. The number of para-hydroxylation sites is 2. The highest BCUT2D eigenvalue weighted by molar-refractivity contribution is 5.97. The van der Waals surface area contributed by atoms with Crippen LogP contribution >= 0.6 is 0 Å². The number of fused-ring (bicyclic) bond motifs is 2. The van der Waals surface area contributed by atoms with Gasteiger partial charge in [0.2, 0.25) is 0 Å². The maximum absolute atomic E-state index is 6.28.